The Labute approximate surface area is 112 Å². The van der Waals surface area contributed by atoms with Gasteiger partial charge in [-0.3, -0.25) is 9.78 Å². The largest absolute Gasteiger partial charge is 0.492 e. The minimum absolute atomic E-state index is 0.129. The smallest absolute Gasteiger partial charge is 0.166 e. The first-order valence-corrected chi connectivity index (χ1v) is 6.52. The van der Waals surface area contributed by atoms with Gasteiger partial charge >= 0.3 is 0 Å². The zero-order valence-electron chi connectivity index (χ0n) is 10.6. The molecule has 1 aliphatic heterocycles. The van der Waals surface area contributed by atoms with Crippen LogP contribution in [0.3, 0.4) is 0 Å². The Morgan fingerprint density at radius 3 is 3.00 bits per heavy atom. The minimum Gasteiger partial charge on any atom is -0.492 e. The number of Topliss-reactive ketones (excluding diaryl/α,β-unsaturated/α-hetero) is 1. The molecule has 0 radical (unpaired) electrons. The molecule has 3 nitrogen and oxygen atoms in total. The number of carbonyl (C=O) groups excluding carboxylic acids is 1. The minimum atomic E-state index is 0.129. The summed E-state index contributed by atoms with van der Waals surface area (Å²) in [4.78, 5) is 16.5. The number of pyridine rings is 1. The predicted molar refractivity (Wildman–Crippen MR) is 72.5 cm³/mol. The highest BCUT2D eigenvalue weighted by Gasteiger charge is 2.20. The van der Waals surface area contributed by atoms with E-state index in [4.69, 9.17) is 4.74 Å². The van der Waals surface area contributed by atoms with Crippen molar-refractivity contribution in [2.75, 3.05) is 6.61 Å². The maximum Gasteiger partial charge on any atom is 0.166 e. The van der Waals surface area contributed by atoms with Gasteiger partial charge in [-0.1, -0.05) is 18.2 Å². The van der Waals surface area contributed by atoms with E-state index in [1.165, 1.54) is 0 Å². The molecule has 0 bridgehead atoms. The molecule has 3 rings (SSSR count). The lowest BCUT2D eigenvalue weighted by atomic mass is 10.0. The van der Waals surface area contributed by atoms with Gasteiger partial charge in [0.2, 0.25) is 0 Å². The van der Waals surface area contributed by atoms with E-state index in [1.54, 1.807) is 6.20 Å². The van der Waals surface area contributed by atoms with E-state index in [0.717, 1.165) is 23.4 Å². The molecule has 96 valence electrons. The number of hydrogen-bond donors (Lipinski definition) is 0. The molecule has 0 saturated carbocycles. The van der Waals surface area contributed by atoms with Gasteiger partial charge in [-0.15, -0.1) is 0 Å². The second-order valence-electron chi connectivity index (χ2n) is 4.64. The van der Waals surface area contributed by atoms with E-state index in [9.17, 15) is 4.79 Å². The first kappa shape index (κ1) is 11.9. The number of benzene rings is 1. The summed E-state index contributed by atoms with van der Waals surface area (Å²) in [5, 5.41) is 0. The molecule has 1 aliphatic rings. The van der Waals surface area contributed by atoms with Gasteiger partial charge in [-0.2, -0.15) is 0 Å². The Balaban J connectivity index is 1.73. The summed E-state index contributed by atoms with van der Waals surface area (Å²) < 4.78 is 5.57. The topological polar surface area (TPSA) is 39.2 Å². The standard InChI is InChI=1S/C16H15NO2/c18-15(8-7-13-5-1-2-10-17-13)14-6-3-4-12-9-11-19-16(12)14/h1-6,10H,7-9,11H2. The molecule has 3 heteroatoms. The number of aryl methyl sites for hydroxylation is 1. The Kier molecular flexibility index (Phi) is 3.27. The summed E-state index contributed by atoms with van der Waals surface area (Å²) in [7, 11) is 0. The number of para-hydroxylation sites is 1. The molecule has 1 aromatic heterocycles. The van der Waals surface area contributed by atoms with E-state index in [0.29, 0.717) is 25.0 Å². The number of fused-ring (bicyclic) bond motifs is 1. The molecular formula is C16H15NO2. The van der Waals surface area contributed by atoms with Crippen LogP contribution in [-0.2, 0) is 12.8 Å². The predicted octanol–water partition coefficient (Wildman–Crippen LogP) is 2.83. The molecule has 0 fully saturated rings. The van der Waals surface area contributed by atoms with Gasteiger partial charge in [0.25, 0.3) is 0 Å². The average Bonchev–Trinajstić information content (AvgIpc) is 2.94. The maximum absolute atomic E-state index is 12.3. The highest BCUT2D eigenvalue weighted by atomic mass is 16.5. The molecule has 0 spiro atoms. The van der Waals surface area contributed by atoms with E-state index in [2.05, 4.69) is 4.98 Å². The summed E-state index contributed by atoms with van der Waals surface area (Å²) >= 11 is 0. The van der Waals surface area contributed by atoms with Crippen molar-refractivity contribution < 1.29 is 9.53 Å². The van der Waals surface area contributed by atoms with Crippen molar-refractivity contribution in [2.24, 2.45) is 0 Å². The third-order valence-electron chi connectivity index (χ3n) is 3.35. The number of nitrogens with zero attached hydrogens (tertiary/aromatic N) is 1. The fourth-order valence-corrected chi connectivity index (χ4v) is 2.36. The molecule has 0 N–H and O–H groups in total. The maximum atomic E-state index is 12.3. The normalized spacial score (nSPS) is 12.8. The molecule has 1 aromatic carbocycles. The lowest BCUT2D eigenvalue weighted by molar-refractivity contribution is 0.0979. The first-order chi connectivity index (χ1) is 9.34. The molecule has 0 atom stereocenters. The lowest BCUT2D eigenvalue weighted by Gasteiger charge is -2.06. The quantitative estimate of drug-likeness (QED) is 0.786. The molecular weight excluding hydrogens is 238 g/mol. The van der Waals surface area contributed by atoms with Crippen molar-refractivity contribution >= 4 is 5.78 Å². The van der Waals surface area contributed by atoms with Crippen LogP contribution in [0.15, 0.2) is 42.6 Å². The van der Waals surface area contributed by atoms with Crippen LogP contribution in [0.5, 0.6) is 5.75 Å². The van der Waals surface area contributed by atoms with Gasteiger partial charge in [0.1, 0.15) is 5.75 Å². The van der Waals surface area contributed by atoms with Gasteiger partial charge < -0.3 is 4.74 Å². The molecule has 2 heterocycles. The highest BCUT2D eigenvalue weighted by molar-refractivity contribution is 5.99. The summed E-state index contributed by atoms with van der Waals surface area (Å²) in [6, 6.07) is 11.6. The molecule has 2 aromatic rings. The summed E-state index contributed by atoms with van der Waals surface area (Å²) in [5.41, 5.74) is 2.80. The zero-order chi connectivity index (χ0) is 13.1. The number of rotatable bonds is 4. The van der Waals surface area contributed by atoms with Crippen LogP contribution in [0.25, 0.3) is 0 Å². The van der Waals surface area contributed by atoms with E-state index < -0.39 is 0 Å². The van der Waals surface area contributed by atoms with Gasteiger partial charge in [0.15, 0.2) is 5.78 Å². The van der Waals surface area contributed by atoms with Crippen molar-refractivity contribution in [3.63, 3.8) is 0 Å². The summed E-state index contributed by atoms with van der Waals surface area (Å²) in [6.07, 6.45) is 3.79. The monoisotopic (exact) mass is 253 g/mol. The second kappa shape index (κ2) is 5.22. The highest BCUT2D eigenvalue weighted by Crippen LogP contribution is 2.30. The Morgan fingerprint density at radius 1 is 1.21 bits per heavy atom. The van der Waals surface area contributed by atoms with Gasteiger partial charge in [-0.25, -0.2) is 0 Å². The molecule has 19 heavy (non-hydrogen) atoms. The van der Waals surface area contributed by atoms with Gasteiger partial charge in [0, 0.05) is 24.7 Å². The number of aromatic nitrogens is 1. The Bertz CT molecular complexity index is 593. The number of ether oxygens (including phenoxy) is 1. The fraction of sp³-hybridized carbons (Fsp3) is 0.250. The van der Waals surface area contributed by atoms with E-state index >= 15 is 0 Å². The summed E-state index contributed by atoms with van der Waals surface area (Å²) in [6.45, 7) is 0.680. The lowest BCUT2D eigenvalue weighted by Crippen LogP contribution is -2.04. The van der Waals surface area contributed by atoms with Crippen molar-refractivity contribution in [2.45, 2.75) is 19.3 Å². The van der Waals surface area contributed by atoms with Gasteiger partial charge in [-0.05, 0) is 30.2 Å². The van der Waals surface area contributed by atoms with Crippen molar-refractivity contribution in [3.05, 3.63) is 59.4 Å². The van der Waals surface area contributed by atoms with Crippen LogP contribution in [0.2, 0.25) is 0 Å². The van der Waals surface area contributed by atoms with E-state index in [-0.39, 0.29) is 5.78 Å². The SMILES string of the molecule is O=C(CCc1ccccn1)c1cccc2c1OCC2. The molecule has 0 aliphatic carbocycles. The third-order valence-corrected chi connectivity index (χ3v) is 3.35. The van der Waals surface area contributed by atoms with Crippen LogP contribution in [0.4, 0.5) is 0 Å². The van der Waals surface area contributed by atoms with Crippen LogP contribution in [0, 0.1) is 0 Å². The molecule has 0 saturated heterocycles. The first-order valence-electron chi connectivity index (χ1n) is 6.52. The number of carbonyl (C=O) groups is 1. The average molecular weight is 253 g/mol. The van der Waals surface area contributed by atoms with Crippen molar-refractivity contribution in [3.8, 4) is 5.75 Å². The van der Waals surface area contributed by atoms with Gasteiger partial charge in [0.05, 0.1) is 12.2 Å². The van der Waals surface area contributed by atoms with Crippen molar-refractivity contribution in [1.82, 2.24) is 4.98 Å². The van der Waals surface area contributed by atoms with Crippen LogP contribution < -0.4 is 4.74 Å². The second-order valence-corrected chi connectivity index (χ2v) is 4.64. The Hall–Kier alpha value is -2.16. The fourth-order valence-electron chi connectivity index (χ4n) is 2.36. The third kappa shape index (κ3) is 2.50. The molecule has 0 unspecified atom stereocenters. The van der Waals surface area contributed by atoms with Crippen molar-refractivity contribution in [1.29, 1.82) is 0 Å². The van der Waals surface area contributed by atoms with Crippen LogP contribution in [-0.4, -0.2) is 17.4 Å². The van der Waals surface area contributed by atoms with Crippen LogP contribution in [0.1, 0.15) is 28.0 Å². The van der Waals surface area contributed by atoms with E-state index in [1.807, 2.05) is 36.4 Å². The van der Waals surface area contributed by atoms with Crippen LogP contribution >= 0.6 is 0 Å². The Morgan fingerprint density at radius 2 is 2.16 bits per heavy atom. The summed E-state index contributed by atoms with van der Waals surface area (Å²) in [5.74, 6) is 0.915. The number of ketones is 1. The zero-order valence-corrected chi connectivity index (χ0v) is 10.6. The number of hydrogen-bond acceptors (Lipinski definition) is 3. The molecule has 0 amide bonds.